The molecule has 1 aliphatic heterocycles. The second-order valence-corrected chi connectivity index (χ2v) is 10.1. The van der Waals surface area contributed by atoms with Crippen LogP contribution in [0.3, 0.4) is 0 Å². The molecule has 0 saturated heterocycles. The Hall–Kier alpha value is -3.26. The minimum Gasteiger partial charge on any atom is -0.444 e. The van der Waals surface area contributed by atoms with Crippen LogP contribution >= 0.6 is 15.9 Å². The molecule has 0 atom stereocenters. The van der Waals surface area contributed by atoms with Gasteiger partial charge in [0.05, 0.1) is 10.2 Å². The van der Waals surface area contributed by atoms with Crippen molar-refractivity contribution >= 4 is 60.9 Å². The standard InChI is InChI=1S/C25H26BrN5O2/c1-25(2,3)33-24(32)31-10-7-15(8-11-31)21-13-18-22(19(26)14-28-23(18)30-21)29-17-4-5-20-16(12-17)6-9-27-20/h4-7,9,12-14,27H,8,10-11H2,1-3H3,(H2,28,29,30). The number of nitrogens with zero attached hydrogens (tertiary/aromatic N) is 2. The van der Waals surface area contributed by atoms with Crippen LogP contribution in [0.25, 0.3) is 27.5 Å². The summed E-state index contributed by atoms with van der Waals surface area (Å²) in [5.74, 6) is 0. The van der Waals surface area contributed by atoms with Gasteiger partial charge in [-0.3, -0.25) is 0 Å². The Morgan fingerprint density at radius 3 is 2.85 bits per heavy atom. The molecule has 0 aliphatic carbocycles. The maximum absolute atomic E-state index is 12.4. The third-order valence-corrected chi connectivity index (χ3v) is 6.24. The fourth-order valence-corrected chi connectivity index (χ4v) is 4.45. The summed E-state index contributed by atoms with van der Waals surface area (Å²) in [6, 6.07) is 10.4. The quantitative estimate of drug-likeness (QED) is 0.292. The molecule has 0 spiro atoms. The first-order valence-corrected chi connectivity index (χ1v) is 11.7. The molecular formula is C25H26BrN5O2. The van der Waals surface area contributed by atoms with Crippen molar-refractivity contribution in [2.75, 3.05) is 18.4 Å². The van der Waals surface area contributed by atoms with Gasteiger partial charge in [-0.25, -0.2) is 9.78 Å². The number of fused-ring (bicyclic) bond motifs is 2. The van der Waals surface area contributed by atoms with Gasteiger partial charge in [-0.1, -0.05) is 6.08 Å². The molecule has 1 aliphatic rings. The molecule has 3 aromatic heterocycles. The summed E-state index contributed by atoms with van der Waals surface area (Å²) in [6.07, 6.45) is 6.31. The first kappa shape index (κ1) is 21.6. The summed E-state index contributed by atoms with van der Waals surface area (Å²) in [5, 5.41) is 5.70. The number of hydrogen-bond donors (Lipinski definition) is 3. The van der Waals surface area contributed by atoms with E-state index in [0.717, 1.165) is 49.9 Å². The largest absolute Gasteiger partial charge is 0.444 e. The molecule has 0 radical (unpaired) electrons. The van der Waals surface area contributed by atoms with E-state index >= 15 is 0 Å². The van der Waals surface area contributed by atoms with Crippen LogP contribution in [0.2, 0.25) is 0 Å². The summed E-state index contributed by atoms with van der Waals surface area (Å²) in [5.41, 5.74) is 5.58. The van der Waals surface area contributed by atoms with Gasteiger partial charge in [-0.2, -0.15) is 0 Å². The third kappa shape index (κ3) is 4.48. The van der Waals surface area contributed by atoms with Crippen LogP contribution in [-0.4, -0.2) is 44.6 Å². The smallest absolute Gasteiger partial charge is 0.410 e. The normalized spacial score (nSPS) is 14.5. The number of anilines is 2. The number of rotatable bonds is 3. The highest BCUT2D eigenvalue weighted by atomic mass is 79.9. The number of ether oxygens (including phenoxy) is 1. The van der Waals surface area contributed by atoms with Crippen molar-refractivity contribution in [1.82, 2.24) is 19.9 Å². The van der Waals surface area contributed by atoms with Crippen LogP contribution in [-0.2, 0) is 4.74 Å². The molecule has 4 heterocycles. The van der Waals surface area contributed by atoms with Gasteiger partial charge >= 0.3 is 6.09 Å². The molecule has 1 aromatic carbocycles. The summed E-state index contributed by atoms with van der Waals surface area (Å²) in [4.78, 5) is 25.3. The molecule has 1 amide bonds. The van der Waals surface area contributed by atoms with E-state index in [4.69, 9.17) is 4.74 Å². The van der Waals surface area contributed by atoms with Crippen molar-refractivity contribution in [3.8, 4) is 0 Å². The van der Waals surface area contributed by atoms with E-state index < -0.39 is 5.60 Å². The van der Waals surface area contributed by atoms with Crippen LogP contribution < -0.4 is 5.32 Å². The summed E-state index contributed by atoms with van der Waals surface area (Å²) < 4.78 is 6.39. The van der Waals surface area contributed by atoms with Crippen molar-refractivity contribution in [2.24, 2.45) is 0 Å². The highest BCUT2D eigenvalue weighted by Gasteiger charge is 2.24. The van der Waals surface area contributed by atoms with E-state index in [1.807, 2.05) is 27.0 Å². The van der Waals surface area contributed by atoms with Gasteiger partial charge in [0.25, 0.3) is 0 Å². The lowest BCUT2D eigenvalue weighted by Crippen LogP contribution is -2.39. The Balaban J connectivity index is 1.40. The second kappa shape index (κ2) is 8.26. The molecule has 8 heteroatoms. The van der Waals surface area contributed by atoms with Gasteiger partial charge in [0.2, 0.25) is 0 Å². The van der Waals surface area contributed by atoms with Gasteiger partial charge in [-0.15, -0.1) is 0 Å². The van der Waals surface area contributed by atoms with Gasteiger partial charge in [0.15, 0.2) is 0 Å². The minimum atomic E-state index is -0.494. The van der Waals surface area contributed by atoms with Gasteiger partial charge in [-0.05, 0) is 79.0 Å². The number of H-pyrrole nitrogens is 2. The Morgan fingerprint density at radius 2 is 2.09 bits per heavy atom. The Bertz CT molecular complexity index is 1380. The topological polar surface area (TPSA) is 86.0 Å². The highest BCUT2D eigenvalue weighted by molar-refractivity contribution is 9.10. The molecule has 0 unspecified atom stereocenters. The first-order chi connectivity index (χ1) is 15.8. The van der Waals surface area contributed by atoms with Gasteiger partial charge < -0.3 is 24.9 Å². The van der Waals surface area contributed by atoms with E-state index in [9.17, 15) is 4.79 Å². The minimum absolute atomic E-state index is 0.272. The molecular weight excluding hydrogens is 482 g/mol. The van der Waals surface area contributed by atoms with Crippen molar-refractivity contribution in [2.45, 2.75) is 32.8 Å². The van der Waals surface area contributed by atoms with E-state index in [1.165, 1.54) is 5.57 Å². The number of carbonyl (C=O) groups excluding carboxylic acids is 1. The number of amides is 1. The van der Waals surface area contributed by atoms with Crippen LogP contribution in [0.15, 0.2) is 53.3 Å². The fourth-order valence-electron chi connectivity index (χ4n) is 4.03. The molecule has 0 bridgehead atoms. The Labute approximate surface area is 200 Å². The average molecular weight is 508 g/mol. The number of benzene rings is 1. The number of hydrogen-bond acceptors (Lipinski definition) is 4. The molecule has 5 rings (SSSR count). The maximum atomic E-state index is 12.4. The van der Waals surface area contributed by atoms with Gasteiger partial charge in [0, 0.05) is 53.2 Å². The number of carbonyl (C=O) groups is 1. The van der Waals surface area contributed by atoms with Crippen LogP contribution in [0.1, 0.15) is 32.9 Å². The summed E-state index contributed by atoms with van der Waals surface area (Å²) >= 11 is 3.65. The highest BCUT2D eigenvalue weighted by Crippen LogP contribution is 2.35. The Morgan fingerprint density at radius 1 is 1.24 bits per heavy atom. The summed E-state index contributed by atoms with van der Waals surface area (Å²) in [7, 11) is 0. The third-order valence-electron chi connectivity index (χ3n) is 5.64. The SMILES string of the molecule is CC(C)(C)OC(=O)N1CC=C(c2cc3c(Nc4ccc5[nH]ccc5c4)c(Br)cnc3[nH]2)CC1. The van der Waals surface area contributed by atoms with E-state index in [1.54, 1.807) is 11.1 Å². The monoisotopic (exact) mass is 507 g/mol. The van der Waals surface area contributed by atoms with Crippen LogP contribution in [0.5, 0.6) is 0 Å². The van der Waals surface area contributed by atoms with Crippen molar-refractivity contribution in [1.29, 1.82) is 0 Å². The molecule has 33 heavy (non-hydrogen) atoms. The fraction of sp³-hybridized carbons (Fsp3) is 0.280. The lowest BCUT2D eigenvalue weighted by atomic mass is 10.0. The molecule has 7 nitrogen and oxygen atoms in total. The molecule has 4 aromatic rings. The number of aromatic amines is 2. The van der Waals surface area contributed by atoms with Crippen LogP contribution in [0, 0.1) is 0 Å². The van der Waals surface area contributed by atoms with E-state index in [-0.39, 0.29) is 6.09 Å². The lowest BCUT2D eigenvalue weighted by Gasteiger charge is -2.29. The number of pyridine rings is 1. The number of aromatic nitrogens is 3. The zero-order valence-corrected chi connectivity index (χ0v) is 20.4. The second-order valence-electron chi connectivity index (χ2n) is 9.24. The molecule has 0 fully saturated rings. The van der Waals surface area contributed by atoms with Crippen LogP contribution in [0.4, 0.5) is 16.2 Å². The van der Waals surface area contributed by atoms with Crippen molar-refractivity contribution in [3.05, 3.63) is 59.0 Å². The lowest BCUT2D eigenvalue weighted by molar-refractivity contribution is 0.0270. The maximum Gasteiger partial charge on any atom is 0.410 e. The van der Waals surface area contributed by atoms with E-state index in [0.29, 0.717) is 13.1 Å². The number of halogens is 1. The molecule has 0 saturated carbocycles. The number of nitrogens with one attached hydrogen (secondary N) is 3. The van der Waals surface area contributed by atoms with Crippen molar-refractivity contribution in [3.63, 3.8) is 0 Å². The predicted octanol–water partition coefficient (Wildman–Crippen LogP) is 6.57. The van der Waals surface area contributed by atoms with Gasteiger partial charge in [0.1, 0.15) is 11.2 Å². The van der Waals surface area contributed by atoms with Crippen molar-refractivity contribution < 1.29 is 9.53 Å². The Kier molecular flexibility index (Phi) is 5.40. The van der Waals surface area contributed by atoms with E-state index in [2.05, 4.69) is 72.6 Å². The predicted molar refractivity (Wildman–Crippen MR) is 136 cm³/mol. The average Bonchev–Trinajstić information content (AvgIpc) is 3.41. The zero-order chi connectivity index (χ0) is 23.2. The molecule has 3 N–H and O–H groups in total. The zero-order valence-electron chi connectivity index (χ0n) is 18.8. The first-order valence-electron chi connectivity index (χ1n) is 11.0. The summed E-state index contributed by atoms with van der Waals surface area (Å²) in [6.45, 7) is 6.79. The molecule has 170 valence electrons.